The van der Waals surface area contributed by atoms with E-state index in [4.69, 9.17) is 6.42 Å². The van der Waals surface area contributed by atoms with Crippen LogP contribution >= 0.6 is 11.8 Å². The first-order chi connectivity index (χ1) is 5.77. The van der Waals surface area contributed by atoms with Crippen molar-refractivity contribution in [2.75, 3.05) is 18.8 Å². The summed E-state index contributed by atoms with van der Waals surface area (Å²) >= 11 is 2.09. The Morgan fingerprint density at radius 3 is 3.08 bits per heavy atom. The van der Waals surface area contributed by atoms with Crippen molar-refractivity contribution < 1.29 is 0 Å². The molecule has 1 unspecified atom stereocenters. The van der Waals surface area contributed by atoms with Gasteiger partial charge in [-0.2, -0.15) is 11.8 Å². The van der Waals surface area contributed by atoms with Gasteiger partial charge in [-0.05, 0) is 25.5 Å². The van der Waals surface area contributed by atoms with Crippen LogP contribution in [0.1, 0.15) is 26.2 Å². The van der Waals surface area contributed by atoms with Crippen LogP contribution in [0, 0.1) is 12.3 Å². The maximum Gasteiger partial charge on any atom is 0.0256 e. The van der Waals surface area contributed by atoms with E-state index in [1.54, 1.807) is 0 Å². The molecule has 1 N–H and O–H groups in total. The minimum atomic E-state index is 0.481. The molecule has 0 saturated carbocycles. The Bertz CT molecular complexity index is 165. The number of rotatable bonds is 4. The molecule has 1 rings (SSSR count). The second-order valence-corrected chi connectivity index (χ2v) is 5.22. The van der Waals surface area contributed by atoms with Crippen molar-refractivity contribution in [3.8, 4) is 12.3 Å². The lowest BCUT2D eigenvalue weighted by Gasteiger charge is -2.22. The largest absolute Gasteiger partial charge is 0.314 e. The van der Waals surface area contributed by atoms with Gasteiger partial charge in [0.25, 0.3) is 0 Å². The number of nitrogens with one attached hydrogen (secondary N) is 1. The lowest BCUT2D eigenvalue weighted by atomic mass is 10.1. The van der Waals surface area contributed by atoms with Gasteiger partial charge in [0.15, 0.2) is 0 Å². The van der Waals surface area contributed by atoms with E-state index in [0.29, 0.717) is 4.75 Å². The summed E-state index contributed by atoms with van der Waals surface area (Å²) in [6, 6.07) is 0. The minimum absolute atomic E-state index is 0.481. The van der Waals surface area contributed by atoms with Crippen LogP contribution in [-0.2, 0) is 0 Å². The highest BCUT2D eigenvalue weighted by Crippen LogP contribution is 2.36. The third-order valence-corrected chi connectivity index (χ3v) is 3.78. The Morgan fingerprint density at radius 2 is 2.50 bits per heavy atom. The fourth-order valence-corrected chi connectivity index (χ4v) is 2.76. The number of thioether (sulfide) groups is 1. The van der Waals surface area contributed by atoms with Gasteiger partial charge < -0.3 is 5.32 Å². The molecular formula is C10H17NS. The molecule has 1 atom stereocenters. The molecular weight excluding hydrogens is 166 g/mol. The maximum atomic E-state index is 5.16. The van der Waals surface area contributed by atoms with Crippen molar-refractivity contribution in [3.05, 3.63) is 0 Å². The lowest BCUT2D eigenvalue weighted by Crippen LogP contribution is -2.33. The van der Waals surface area contributed by atoms with E-state index < -0.39 is 0 Å². The number of hydrogen-bond donors (Lipinski definition) is 1. The van der Waals surface area contributed by atoms with Gasteiger partial charge in [-0.25, -0.2) is 0 Å². The third-order valence-electron chi connectivity index (χ3n) is 2.25. The highest BCUT2D eigenvalue weighted by Gasteiger charge is 2.28. The van der Waals surface area contributed by atoms with E-state index in [9.17, 15) is 0 Å². The standard InChI is InChI=1S/C10H17NS/c1-3-4-7-11-9-10(2)6-5-8-12-10/h1,11H,4-9H2,2H3. The SMILES string of the molecule is C#CCCNCC1(C)CCCS1. The van der Waals surface area contributed by atoms with E-state index in [1.807, 2.05) is 0 Å². The average Bonchev–Trinajstić information content (AvgIpc) is 2.47. The molecule has 12 heavy (non-hydrogen) atoms. The van der Waals surface area contributed by atoms with Crippen LogP contribution in [0.3, 0.4) is 0 Å². The molecule has 1 nitrogen and oxygen atoms in total. The molecule has 0 aliphatic carbocycles. The van der Waals surface area contributed by atoms with Gasteiger partial charge in [-0.15, -0.1) is 12.3 Å². The monoisotopic (exact) mass is 183 g/mol. The third kappa shape index (κ3) is 3.08. The van der Waals surface area contributed by atoms with Crippen LogP contribution in [0.2, 0.25) is 0 Å². The van der Waals surface area contributed by atoms with Crippen LogP contribution < -0.4 is 5.32 Å². The summed E-state index contributed by atoms with van der Waals surface area (Å²) < 4.78 is 0.481. The molecule has 1 fully saturated rings. The maximum absolute atomic E-state index is 5.16. The van der Waals surface area contributed by atoms with Gasteiger partial charge in [-0.3, -0.25) is 0 Å². The first-order valence-electron chi connectivity index (χ1n) is 4.55. The smallest absolute Gasteiger partial charge is 0.0256 e. The summed E-state index contributed by atoms with van der Waals surface area (Å²) in [7, 11) is 0. The summed E-state index contributed by atoms with van der Waals surface area (Å²) in [6.07, 6.45) is 8.73. The molecule has 0 spiro atoms. The van der Waals surface area contributed by atoms with Crippen LogP contribution in [0.25, 0.3) is 0 Å². The predicted octanol–water partition coefficient (Wildman–Crippen LogP) is 1.89. The lowest BCUT2D eigenvalue weighted by molar-refractivity contribution is 0.542. The van der Waals surface area contributed by atoms with Crippen LogP contribution in [0.15, 0.2) is 0 Å². The highest BCUT2D eigenvalue weighted by atomic mass is 32.2. The molecule has 1 aliphatic rings. The summed E-state index contributed by atoms with van der Waals surface area (Å²) in [5, 5.41) is 3.41. The van der Waals surface area contributed by atoms with Crippen LogP contribution in [0.5, 0.6) is 0 Å². The van der Waals surface area contributed by atoms with Gasteiger partial charge in [0, 0.05) is 24.3 Å². The molecule has 2 heteroatoms. The number of terminal acetylenes is 1. The topological polar surface area (TPSA) is 12.0 Å². The molecule has 0 amide bonds. The fourth-order valence-electron chi connectivity index (χ4n) is 1.49. The predicted molar refractivity (Wildman–Crippen MR) is 56.4 cm³/mol. The summed E-state index contributed by atoms with van der Waals surface area (Å²) in [5.41, 5.74) is 0. The van der Waals surface area contributed by atoms with Crippen molar-refractivity contribution in [2.24, 2.45) is 0 Å². The zero-order valence-electron chi connectivity index (χ0n) is 7.73. The normalized spacial score (nSPS) is 28.7. The highest BCUT2D eigenvalue weighted by molar-refractivity contribution is 8.00. The van der Waals surface area contributed by atoms with E-state index in [-0.39, 0.29) is 0 Å². The molecule has 0 radical (unpaired) electrons. The average molecular weight is 183 g/mol. The molecule has 1 heterocycles. The Labute approximate surface area is 79.7 Å². The molecule has 0 aromatic carbocycles. The number of hydrogen-bond acceptors (Lipinski definition) is 2. The Balaban J connectivity index is 2.09. The molecule has 0 aromatic rings. The first-order valence-corrected chi connectivity index (χ1v) is 5.53. The summed E-state index contributed by atoms with van der Waals surface area (Å²) in [6.45, 7) is 4.42. The van der Waals surface area contributed by atoms with Crippen LogP contribution in [-0.4, -0.2) is 23.6 Å². The van der Waals surface area contributed by atoms with Gasteiger partial charge in [0.05, 0.1) is 0 Å². The molecule has 0 aromatic heterocycles. The van der Waals surface area contributed by atoms with Gasteiger partial charge in [0.2, 0.25) is 0 Å². The molecule has 1 saturated heterocycles. The van der Waals surface area contributed by atoms with E-state index in [2.05, 4.69) is 29.9 Å². The summed E-state index contributed by atoms with van der Waals surface area (Å²) in [4.78, 5) is 0. The second kappa shape index (κ2) is 4.79. The zero-order chi connectivity index (χ0) is 8.86. The second-order valence-electron chi connectivity index (χ2n) is 3.53. The fraction of sp³-hybridized carbons (Fsp3) is 0.800. The molecule has 0 bridgehead atoms. The van der Waals surface area contributed by atoms with E-state index in [0.717, 1.165) is 19.5 Å². The van der Waals surface area contributed by atoms with Crippen molar-refractivity contribution in [1.82, 2.24) is 5.32 Å². The van der Waals surface area contributed by atoms with Crippen LogP contribution in [0.4, 0.5) is 0 Å². The molecule has 68 valence electrons. The van der Waals surface area contributed by atoms with Gasteiger partial charge in [0.1, 0.15) is 0 Å². The minimum Gasteiger partial charge on any atom is -0.314 e. The van der Waals surface area contributed by atoms with Crippen molar-refractivity contribution in [1.29, 1.82) is 0 Å². The van der Waals surface area contributed by atoms with Gasteiger partial charge >= 0.3 is 0 Å². The first kappa shape index (κ1) is 9.95. The van der Waals surface area contributed by atoms with Crippen molar-refractivity contribution in [3.63, 3.8) is 0 Å². The summed E-state index contributed by atoms with van der Waals surface area (Å²) in [5.74, 6) is 3.96. The van der Waals surface area contributed by atoms with E-state index >= 15 is 0 Å². The zero-order valence-corrected chi connectivity index (χ0v) is 8.54. The Kier molecular flexibility index (Phi) is 3.97. The van der Waals surface area contributed by atoms with Gasteiger partial charge in [-0.1, -0.05) is 0 Å². The Morgan fingerprint density at radius 1 is 1.67 bits per heavy atom. The Hall–Kier alpha value is -0.130. The van der Waals surface area contributed by atoms with Crippen molar-refractivity contribution in [2.45, 2.75) is 30.9 Å². The quantitative estimate of drug-likeness (QED) is 0.527. The van der Waals surface area contributed by atoms with Crippen molar-refractivity contribution >= 4 is 11.8 Å². The van der Waals surface area contributed by atoms with E-state index in [1.165, 1.54) is 18.6 Å². The molecule has 1 aliphatic heterocycles.